The molecule has 7 nitrogen and oxygen atoms in total. The second-order valence-electron chi connectivity index (χ2n) is 1.52. The topological polar surface area (TPSA) is 142 Å². The first-order chi connectivity index (χ1) is 5.31. The highest BCUT2D eigenvalue weighted by Gasteiger charge is 2.50. The minimum atomic E-state index is -5.20. The second-order valence-corrected chi connectivity index (χ2v) is 7.44. The van der Waals surface area contributed by atoms with E-state index in [1.165, 1.54) is 0 Å². The predicted molar refractivity (Wildman–Crippen MR) is 38.9 cm³/mol. The largest absolute Gasteiger partial charge is 0.472 e. The lowest BCUT2D eigenvalue weighted by Gasteiger charge is -2.18. The van der Waals surface area contributed by atoms with E-state index in [4.69, 9.17) is 25.4 Å². The van der Waals surface area contributed by atoms with E-state index in [-0.39, 0.29) is 0 Å². The van der Waals surface area contributed by atoms with Gasteiger partial charge in [0, 0.05) is 0 Å². The summed E-state index contributed by atoms with van der Waals surface area (Å²) in [4.78, 5) is 27.1. The van der Waals surface area contributed by atoms with Crippen LogP contribution >= 0.6 is 16.4 Å². The van der Waals surface area contributed by atoms with Crippen LogP contribution in [0.15, 0.2) is 0 Å². The minimum absolute atomic E-state index is 0.864. The van der Waals surface area contributed by atoms with Crippen molar-refractivity contribution in [3.05, 3.63) is 0 Å². The molecule has 0 rings (SSSR count). The Bertz CT molecular complexity index is 320. The third-order valence-corrected chi connectivity index (χ3v) is 5.72. The van der Waals surface area contributed by atoms with Crippen LogP contribution in [0.3, 0.4) is 0 Å². The van der Waals surface area contributed by atoms with Crippen LogP contribution in [0.25, 0.3) is 0 Å². The van der Waals surface area contributed by atoms with Gasteiger partial charge in [0.15, 0.2) is 0 Å². The van der Waals surface area contributed by atoms with Gasteiger partial charge < -0.3 is 14.9 Å². The maximum atomic E-state index is 10.5. The molecule has 0 saturated carbocycles. The molecule has 0 spiro atoms. The van der Waals surface area contributed by atoms with Gasteiger partial charge in [0.1, 0.15) is 20.5 Å². The first-order valence-electron chi connectivity index (χ1n) is 2.25. The molecule has 0 saturated heterocycles. The molecule has 3 N–H and O–H groups in total. The lowest BCUT2D eigenvalue weighted by Crippen LogP contribution is -2.05. The van der Waals surface area contributed by atoms with Gasteiger partial charge in [0.2, 0.25) is 0 Å². The predicted octanol–water partition coefficient (Wildman–Crippen LogP) is 0.524. The summed E-state index contributed by atoms with van der Waals surface area (Å²) in [5, 5.41) is 24.3. The van der Waals surface area contributed by atoms with Crippen LogP contribution in [0.1, 0.15) is 0 Å². The summed E-state index contributed by atoms with van der Waals surface area (Å²) in [6.07, 6.45) is 0. The van der Waals surface area contributed by atoms with E-state index in [1.807, 2.05) is 0 Å². The first-order valence-corrected chi connectivity index (χ1v) is 6.10. The molecule has 0 bridgehead atoms. The number of nitriles is 2. The molecule has 66 valence electrons. The van der Waals surface area contributed by atoms with Gasteiger partial charge in [-0.1, -0.05) is 0 Å². The molecule has 0 atom stereocenters. The average Bonchev–Trinajstić information content (AvgIpc) is 1.87. The smallest absolute Gasteiger partial charge is 0.401 e. The fraction of sp³-hybridized carbons (Fsp3) is 0. The summed E-state index contributed by atoms with van der Waals surface area (Å²) in [7, 11) is -4.21. The SMILES string of the molecule is N#CS(C#N)(C(=O)O)P(=O)(O)O. The fourth-order valence-corrected chi connectivity index (χ4v) is 2.17. The van der Waals surface area contributed by atoms with Gasteiger partial charge in [-0.2, -0.15) is 10.5 Å². The summed E-state index contributed by atoms with van der Waals surface area (Å²) in [5.74, 6) is 0. The molecule has 12 heavy (non-hydrogen) atoms. The molecule has 0 amide bonds. The van der Waals surface area contributed by atoms with Gasteiger partial charge >= 0.3 is 12.1 Å². The van der Waals surface area contributed by atoms with E-state index < -0.39 is 21.7 Å². The van der Waals surface area contributed by atoms with Crippen LogP contribution in [-0.2, 0) is 4.57 Å². The van der Waals surface area contributed by atoms with E-state index in [1.54, 1.807) is 0 Å². The zero-order chi connectivity index (χ0) is 9.99. The highest BCUT2D eigenvalue weighted by molar-refractivity contribution is 8.88. The Labute approximate surface area is 68.1 Å². The van der Waals surface area contributed by atoms with Crippen molar-refractivity contribution < 1.29 is 24.3 Å². The van der Waals surface area contributed by atoms with Crippen molar-refractivity contribution in [1.29, 1.82) is 10.5 Å². The normalized spacial score (nSPS) is 12.7. The van der Waals surface area contributed by atoms with E-state index in [0.717, 1.165) is 10.8 Å². The summed E-state index contributed by atoms with van der Waals surface area (Å²) in [5.41, 5.74) is 0. The van der Waals surface area contributed by atoms with E-state index in [9.17, 15) is 9.36 Å². The Morgan fingerprint density at radius 2 is 1.67 bits per heavy atom. The number of thiocyanates is 2. The maximum Gasteiger partial charge on any atom is 0.401 e. The number of nitrogens with zero attached hydrogens (tertiary/aromatic N) is 2. The van der Waals surface area contributed by atoms with Crippen molar-refractivity contribution in [2.45, 2.75) is 0 Å². The fourth-order valence-electron chi connectivity index (χ4n) is 0.307. The van der Waals surface area contributed by atoms with Gasteiger partial charge in [-0.15, -0.1) is 0 Å². The van der Waals surface area contributed by atoms with E-state index in [2.05, 4.69) is 0 Å². The lowest BCUT2D eigenvalue weighted by molar-refractivity contribution is 0.222. The molecule has 0 aromatic heterocycles. The molecule has 0 aliphatic carbocycles. The summed E-state index contributed by atoms with van der Waals surface area (Å²) in [6, 6.07) is 0. The Kier molecular flexibility index (Phi) is 2.86. The Morgan fingerprint density at radius 1 is 1.33 bits per heavy atom. The molecule has 0 unspecified atom stereocenters. The zero-order valence-electron chi connectivity index (χ0n) is 5.41. The third-order valence-electron chi connectivity index (χ3n) is 0.874. The van der Waals surface area contributed by atoms with Gasteiger partial charge in [-0.25, -0.2) is 9.36 Å². The van der Waals surface area contributed by atoms with Crippen molar-refractivity contribution in [1.82, 2.24) is 0 Å². The van der Waals surface area contributed by atoms with Crippen molar-refractivity contribution in [3.8, 4) is 10.8 Å². The Hall–Kier alpha value is -1.05. The van der Waals surface area contributed by atoms with Crippen molar-refractivity contribution in [3.63, 3.8) is 0 Å². The van der Waals surface area contributed by atoms with Crippen LogP contribution in [-0.4, -0.2) is 20.2 Å². The number of rotatable bonds is 1. The Morgan fingerprint density at radius 3 is 1.67 bits per heavy atom. The Balaban J connectivity index is 5.52. The molecular weight excluding hydrogens is 207 g/mol. The van der Waals surface area contributed by atoms with Gasteiger partial charge in [0.25, 0.3) is 0 Å². The highest BCUT2D eigenvalue weighted by Crippen LogP contribution is 2.76. The van der Waals surface area contributed by atoms with Gasteiger partial charge in [-0.3, -0.25) is 0 Å². The number of carbonyl (C=O) groups is 1. The molecular formula is C3H3N2O5PS. The van der Waals surface area contributed by atoms with Gasteiger partial charge in [0.05, 0.1) is 0 Å². The third kappa shape index (κ3) is 1.42. The number of hydrogen-bond donors (Lipinski definition) is 3. The number of carboxylic acid groups (broad SMARTS) is 1. The standard InChI is InChI=1S/C3H3N2O5PS/c4-1-12(2-5,3(6)7)11(8,9)10/h(H,6,7)(H2,8,9,10). The molecule has 0 aromatic rings. The summed E-state index contributed by atoms with van der Waals surface area (Å²) < 4.78 is 10.5. The average molecular weight is 210 g/mol. The quantitative estimate of drug-likeness (QED) is 0.422. The summed E-state index contributed by atoms with van der Waals surface area (Å²) in [6.45, 7) is -5.20. The first kappa shape index (κ1) is 11.0. The molecule has 0 fully saturated rings. The van der Waals surface area contributed by atoms with E-state index in [0.29, 0.717) is 0 Å². The zero-order valence-corrected chi connectivity index (χ0v) is 7.12. The van der Waals surface area contributed by atoms with Crippen LogP contribution in [0.4, 0.5) is 4.79 Å². The van der Waals surface area contributed by atoms with Crippen LogP contribution in [0.5, 0.6) is 0 Å². The molecule has 0 aromatic carbocycles. The molecule has 0 heterocycles. The van der Waals surface area contributed by atoms with Crippen LogP contribution < -0.4 is 0 Å². The second kappa shape index (κ2) is 3.13. The van der Waals surface area contributed by atoms with Gasteiger partial charge in [-0.05, 0) is 0 Å². The number of hydrogen-bond acceptors (Lipinski definition) is 4. The highest BCUT2D eigenvalue weighted by atomic mass is 32.8. The maximum absolute atomic E-state index is 10.5. The molecule has 0 aliphatic heterocycles. The van der Waals surface area contributed by atoms with E-state index >= 15 is 0 Å². The van der Waals surface area contributed by atoms with Crippen molar-refractivity contribution in [2.24, 2.45) is 0 Å². The lowest BCUT2D eigenvalue weighted by atomic mass is 11.6. The molecule has 0 aliphatic rings. The summed E-state index contributed by atoms with van der Waals surface area (Å²) >= 11 is 0. The molecule has 9 heteroatoms. The van der Waals surface area contributed by atoms with Crippen LogP contribution in [0.2, 0.25) is 0 Å². The van der Waals surface area contributed by atoms with Crippen molar-refractivity contribution in [2.75, 3.05) is 0 Å². The monoisotopic (exact) mass is 210 g/mol. The van der Waals surface area contributed by atoms with Crippen molar-refractivity contribution >= 4 is 21.7 Å². The molecule has 0 radical (unpaired) electrons. The minimum Gasteiger partial charge on any atom is -0.472 e. The van der Waals surface area contributed by atoms with Crippen LogP contribution in [0, 0.1) is 21.3 Å².